The van der Waals surface area contributed by atoms with Gasteiger partial charge in [-0.2, -0.15) is 0 Å². The summed E-state index contributed by atoms with van der Waals surface area (Å²) in [6.07, 6.45) is 1.55. The average molecular weight is 336 g/mol. The summed E-state index contributed by atoms with van der Waals surface area (Å²) < 4.78 is 38.3. The molecule has 1 saturated carbocycles. The highest BCUT2D eigenvalue weighted by Gasteiger charge is 2.34. The largest absolute Gasteiger partial charge is 0.296 e. The van der Waals surface area contributed by atoms with Gasteiger partial charge in [-0.3, -0.25) is 4.57 Å². The third kappa shape index (κ3) is 2.41. The Labute approximate surface area is 123 Å². The molecule has 0 saturated heterocycles. The molecule has 20 heavy (non-hydrogen) atoms. The van der Waals surface area contributed by atoms with Gasteiger partial charge in [0.15, 0.2) is 5.82 Å². The number of nitrogens with zero attached hydrogens (tertiary/aromatic N) is 3. The highest BCUT2D eigenvalue weighted by molar-refractivity contribution is 8.13. The molecule has 0 amide bonds. The Balaban J connectivity index is 2.22. The number of hydrogen-bond acceptors (Lipinski definition) is 4. The van der Waals surface area contributed by atoms with E-state index in [1.165, 1.54) is 16.7 Å². The van der Waals surface area contributed by atoms with Crippen molar-refractivity contribution in [3.63, 3.8) is 0 Å². The molecule has 5 nitrogen and oxygen atoms in total. The molecule has 9 heteroatoms. The Kier molecular flexibility index (Phi) is 3.23. The van der Waals surface area contributed by atoms with Crippen molar-refractivity contribution in [2.75, 3.05) is 0 Å². The second-order valence-corrected chi connectivity index (χ2v) is 7.37. The third-order valence-corrected chi connectivity index (χ3v) is 4.33. The second kappa shape index (κ2) is 4.68. The summed E-state index contributed by atoms with van der Waals surface area (Å²) in [7, 11) is 1.30. The number of benzene rings is 1. The highest BCUT2D eigenvalue weighted by atomic mass is 35.7. The van der Waals surface area contributed by atoms with Crippen molar-refractivity contribution in [1.29, 1.82) is 0 Å². The van der Waals surface area contributed by atoms with Crippen LogP contribution in [0.15, 0.2) is 23.4 Å². The van der Waals surface area contributed by atoms with Gasteiger partial charge in [0, 0.05) is 21.7 Å². The number of halogens is 3. The summed E-state index contributed by atoms with van der Waals surface area (Å²) in [4.78, 5) is 0. The molecular formula is C11H8Cl2FN3O2S. The van der Waals surface area contributed by atoms with Crippen LogP contribution in [0, 0.1) is 5.82 Å². The van der Waals surface area contributed by atoms with E-state index in [0.29, 0.717) is 0 Å². The molecule has 1 aliphatic rings. The van der Waals surface area contributed by atoms with Crippen LogP contribution in [0.5, 0.6) is 0 Å². The molecule has 0 N–H and O–H groups in total. The van der Waals surface area contributed by atoms with Crippen LogP contribution >= 0.6 is 22.3 Å². The Morgan fingerprint density at radius 1 is 1.30 bits per heavy atom. The predicted octanol–water partition coefficient (Wildman–Crippen LogP) is 3.00. The van der Waals surface area contributed by atoms with Crippen LogP contribution in [0.2, 0.25) is 5.02 Å². The topological polar surface area (TPSA) is 64.8 Å². The van der Waals surface area contributed by atoms with E-state index in [9.17, 15) is 12.8 Å². The van der Waals surface area contributed by atoms with Crippen LogP contribution in [0.1, 0.15) is 18.9 Å². The van der Waals surface area contributed by atoms with Crippen molar-refractivity contribution in [1.82, 2.24) is 14.8 Å². The molecule has 3 rings (SSSR count). The SMILES string of the molecule is O=S(=O)(Cl)c1nnc(-c2ccc(Cl)cc2F)n1C1CC1. The first-order chi connectivity index (χ1) is 9.38. The first-order valence-electron chi connectivity index (χ1n) is 5.73. The van der Waals surface area contributed by atoms with Crippen LogP contribution in [-0.2, 0) is 9.05 Å². The predicted molar refractivity (Wildman–Crippen MR) is 71.7 cm³/mol. The number of rotatable bonds is 3. The minimum absolute atomic E-state index is 0.0707. The van der Waals surface area contributed by atoms with Gasteiger partial charge in [0.2, 0.25) is 0 Å². The van der Waals surface area contributed by atoms with Crippen LogP contribution < -0.4 is 0 Å². The van der Waals surface area contributed by atoms with Gasteiger partial charge >= 0.3 is 0 Å². The second-order valence-electron chi connectivity index (χ2n) is 4.47. The van der Waals surface area contributed by atoms with Gasteiger partial charge in [-0.05, 0) is 31.0 Å². The Morgan fingerprint density at radius 2 is 2.00 bits per heavy atom. The van der Waals surface area contributed by atoms with E-state index in [-0.39, 0.29) is 27.6 Å². The molecule has 0 unspecified atom stereocenters. The molecule has 106 valence electrons. The van der Waals surface area contributed by atoms with Crippen LogP contribution in [0.4, 0.5) is 4.39 Å². The molecule has 1 aromatic carbocycles. The molecule has 0 aliphatic heterocycles. The fourth-order valence-electron chi connectivity index (χ4n) is 1.96. The lowest BCUT2D eigenvalue weighted by Gasteiger charge is -2.08. The Hall–Kier alpha value is -1.18. The van der Waals surface area contributed by atoms with E-state index >= 15 is 0 Å². The summed E-state index contributed by atoms with van der Waals surface area (Å²) in [5.41, 5.74) is 0.139. The maximum Gasteiger partial charge on any atom is 0.296 e. The van der Waals surface area contributed by atoms with E-state index in [0.717, 1.165) is 18.9 Å². The lowest BCUT2D eigenvalue weighted by atomic mass is 10.2. The van der Waals surface area contributed by atoms with Crippen molar-refractivity contribution in [2.45, 2.75) is 24.0 Å². The van der Waals surface area contributed by atoms with E-state index in [1.54, 1.807) is 0 Å². The molecule has 1 aromatic heterocycles. The quantitative estimate of drug-likeness (QED) is 0.809. The van der Waals surface area contributed by atoms with E-state index in [2.05, 4.69) is 10.2 Å². The van der Waals surface area contributed by atoms with Gasteiger partial charge in [-0.25, -0.2) is 12.8 Å². The van der Waals surface area contributed by atoms with Gasteiger partial charge in [0.1, 0.15) is 5.82 Å². The molecule has 0 spiro atoms. The van der Waals surface area contributed by atoms with Gasteiger partial charge in [-0.1, -0.05) is 11.6 Å². The minimum atomic E-state index is -4.03. The molecular weight excluding hydrogens is 328 g/mol. The van der Waals surface area contributed by atoms with E-state index < -0.39 is 14.9 Å². The zero-order valence-corrected chi connectivity index (χ0v) is 12.3. The zero-order chi connectivity index (χ0) is 14.5. The smallest absolute Gasteiger partial charge is 0.294 e. The maximum absolute atomic E-state index is 14.0. The van der Waals surface area contributed by atoms with Crippen molar-refractivity contribution in [3.05, 3.63) is 29.0 Å². The fourth-order valence-corrected chi connectivity index (χ4v) is 3.04. The summed E-state index contributed by atoms with van der Waals surface area (Å²) in [5, 5.41) is 7.24. The van der Waals surface area contributed by atoms with E-state index in [4.69, 9.17) is 22.3 Å². The van der Waals surface area contributed by atoms with Crippen molar-refractivity contribution >= 4 is 31.3 Å². The van der Waals surface area contributed by atoms with Crippen molar-refractivity contribution in [3.8, 4) is 11.4 Å². The molecule has 0 bridgehead atoms. The molecule has 1 aliphatic carbocycles. The van der Waals surface area contributed by atoms with Crippen LogP contribution in [0.25, 0.3) is 11.4 Å². The first kappa shape index (κ1) is 13.8. The van der Waals surface area contributed by atoms with Crippen LogP contribution in [-0.4, -0.2) is 23.2 Å². The molecule has 1 fully saturated rings. The molecule has 0 radical (unpaired) electrons. The number of aromatic nitrogens is 3. The minimum Gasteiger partial charge on any atom is -0.294 e. The zero-order valence-electron chi connectivity index (χ0n) is 9.92. The van der Waals surface area contributed by atoms with Gasteiger partial charge in [0.05, 0.1) is 5.56 Å². The van der Waals surface area contributed by atoms with Crippen molar-refractivity contribution in [2.24, 2.45) is 0 Å². The monoisotopic (exact) mass is 335 g/mol. The lowest BCUT2D eigenvalue weighted by Crippen LogP contribution is -2.06. The standard InChI is InChI=1S/C11H8Cl2FN3O2S/c12-6-1-4-8(9(14)5-6)10-15-16-11(20(13,18)19)17(10)7-2-3-7/h1,4-5,7H,2-3H2. The first-order valence-corrected chi connectivity index (χ1v) is 8.41. The normalized spacial score (nSPS) is 15.6. The molecule has 1 heterocycles. The van der Waals surface area contributed by atoms with Crippen LogP contribution in [0.3, 0.4) is 0 Å². The lowest BCUT2D eigenvalue weighted by molar-refractivity contribution is 0.577. The molecule has 0 atom stereocenters. The van der Waals surface area contributed by atoms with Gasteiger partial charge in [0.25, 0.3) is 14.2 Å². The highest BCUT2D eigenvalue weighted by Crippen LogP contribution is 2.40. The maximum atomic E-state index is 14.0. The fraction of sp³-hybridized carbons (Fsp3) is 0.273. The third-order valence-electron chi connectivity index (χ3n) is 2.97. The van der Waals surface area contributed by atoms with Gasteiger partial charge < -0.3 is 0 Å². The molecule has 2 aromatic rings. The summed E-state index contributed by atoms with van der Waals surface area (Å²) in [6.45, 7) is 0. The summed E-state index contributed by atoms with van der Waals surface area (Å²) in [6, 6.07) is 4.00. The Morgan fingerprint density at radius 3 is 2.55 bits per heavy atom. The van der Waals surface area contributed by atoms with Gasteiger partial charge in [-0.15, -0.1) is 10.2 Å². The van der Waals surface area contributed by atoms with E-state index in [1.807, 2.05) is 0 Å². The average Bonchev–Trinajstić information content (AvgIpc) is 3.07. The summed E-state index contributed by atoms with van der Waals surface area (Å²) >= 11 is 5.70. The Bertz CT molecular complexity index is 787. The number of hydrogen-bond donors (Lipinski definition) is 0. The summed E-state index contributed by atoms with van der Waals surface area (Å²) in [5.74, 6) is -0.453. The van der Waals surface area contributed by atoms with Crippen molar-refractivity contribution < 1.29 is 12.8 Å².